The van der Waals surface area contributed by atoms with Crippen molar-refractivity contribution >= 4 is 29.2 Å². The van der Waals surface area contributed by atoms with Crippen LogP contribution in [0.25, 0.3) is 10.9 Å². The van der Waals surface area contributed by atoms with E-state index < -0.39 is 18.3 Å². The molecular formula is C21H27NO3SSi. The number of nitrogens with zero attached hydrogens (tertiary/aromatic N) is 1. The lowest BCUT2D eigenvalue weighted by Gasteiger charge is -2.36. The maximum absolute atomic E-state index is 12.9. The van der Waals surface area contributed by atoms with Crippen LogP contribution in [0, 0.1) is 0 Å². The zero-order chi connectivity index (χ0) is 19.9. The van der Waals surface area contributed by atoms with E-state index in [1.54, 1.807) is 30.5 Å². The van der Waals surface area contributed by atoms with Gasteiger partial charge in [-0.05, 0) is 54.0 Å². The van der Waals surface area contributed by atoms with Crippen LogP contribution in [0.3, 0.4) is 0 Å². The lowest BCUT2D eigenvalue weighted by Crippen LogP contribution is -2.40. The Hall–Kier alpha value is -1.89. The Balaban J connectivity index is 1.90. The Bertz CT molecular complexity index is 1050. The number of aromatic nitrogens is 1. The van der Waals surface area contributed by atoms with Gasteiger partial charge in [0, 0.05) is 11.6 Å². The molecule has 2 aromatic carbocycles. The van der Waals surface area contributed by atoms with E-state index in [4.69, 9.17) is 4.43 Å². The molecule has 0 unspecified atom stereocenters. The maximum Gasteiger partial charge on any atom is 0.268 e. The molecule has 1 heterocycles. The summed E-state index contributed by atoms with van der Waals surface area (Å²) >= 11 is 0. The largest absolute Gasteiger partial charge is 0.413 e. The minimum absolute atomic E-state index is 0.157. The van der Waals surface area contributed by atoms with Gasteiger partial charge in [0.05, 0.1) is 17.0 Å². The summed E-state index contributed by atoms with van der Waals surface area (Å²) in [4.78, 5) is 0.285. The van der Waals surface area contributed by atoms with Crippen LogP contribution >= 0.6 is 0 Å². The molecular weight excluding hydrogens is 374 g/mol. The third-order valence-corrected chi connectivity index (χ3v) is 11.6. The first-order chi connectivity index (χ1) is 12.5. The molecule has 0 spiro atoms. The van der Waals surface area contributed by atoms with E-state index in [0.29, 0.717) is 12.1 Å². The van der Waals surface area contributed by atoms with E-state index in [1.165, 1.54) is 3.97 Å². The van der Waals surface area contributed by atoms with E-state index in [9.17, 15) is 8.42 Å². The molecule has 0 amide bonds. The van der Waals surface area contributed by atoms with Crippen molar-refractivity contribution in [2.75, 3.05) is 0 Å². The summed E-state index contributed by atoms with van der Waals surface area (Å²) in [6.45, 7) is 11.7. The molecule has 0 saturated carbocycles. The summed E-state index contributed by atoms with van der Waals surface area (Å²) in [5.41, 5.74) is 1.73. The number of rotatable bonds is 5. The summed E-state index contributed by atoms with van der Waals surface area (Å²) in [5, 5.41) is 1.05. The van der Waals surface area contributed by atoms with Crippen molar-refractivity contribution < 1.29 is 12.8 Å². The Morgan fingerprint density at radius 1 is 1.00 bits per heavy atom. The summed E-state index contributed by atoms with van der Waals surface area (Å²) in [7, 11) is -5.42. The minimum Gasteiger partial charge on any atom is -0.413 e. The quantitative estimate of drug-likeness (QED) is 0.538. The Morgan fingerprint density at radius 2 is 1.67 bits per heavy atom. The van der Waals surface area contributed by atoms with Crippen LogP contribution in [0.15, 0.2) is 65.7 Å². The second-order valence-electron chi connectivity index (χ2n) is 8.37. The van der Waals surface area contributed by atoms with Crippen molar-refractivity contribution in [2.45, 2.75) is 50.4 Å². The molecule has 0 fully saturated rings. The molecule has 0 atom stereocenters. The molecule has 27 heavy (non-hydrogen) atoms. The smallest absolute Gasteiger partial charge is 0.268 e. The SMILES string of the molecule is CC(C)(C)[Si](C)(C)OCc1ccc2c(ccn2S(=O)(=O)c2ccccc2)c1. The van der Waals surface area contributed by atoms with E-state index >= 15 is 0 Å². The van der Waals surface area contributed by atoms with Crippen molar-refractivity contribution in [3.63, 3.8) is 0 Å². The highest BCUT2D eigenvalue weighted by Gasteiger charge is 2.37. The first kappa shape index (κ1) is 19.9. The fraction of sp³-hybridized carbons (Fsp3) is 0.333. The van der Waals surface area contributed by atoms with Gasteiger partial charge in [-0.2, -0.15) is 0 Å². The molecule has 3 rings (SSSR count). The molecule has 0 aliphatic carbocycles. The van der Waals surface area contributed by atoms with Gasteiger partial charge in [-0.25, -0.2) is 12.4 Å². The first-order valence-electron chi connectivity index (χ1n) is 9.07. The monoisotopic (exact) mass is 401 g/mol. The zero-order valence-electron chi connectivity index (χ0n) is 16.6. The number of hydrogen-bond acceptors (Lipinski definition) is 3. The van der Waals surface area contributed by atoms with Gasteiger partial charge in [-0.1, -0.05) is 45.0 Å². The van der Waals surface area contributed by atoms with Gasteiger partial charge in [-0.3, -0.25) is 0 Å². The van der Waals surface area contributed by atoms with E-state index in [2.05, 4.69) is 33.9 Å². The van der Waals surface area contributed by atoms with Crippen LogP contribution in [-0.4, -0.2) is 20.7 Å². The van der Waals surface area contributed by atoms with E-state index in [1.807, 2.05) is 30.3 Å². The predicted octanol–water partition coefficient (Wildman–Crippen LogP) is 5.40. The van der Waals surface area contributed by atoms with Crippen LogP contribution in [0.1, 0.15) is 26.3 Å². The number of benzene rings is 2. The second-order valence-corrected chi connectivity index (χ2v) is 15.0. The number of fused-ring (bicyclic) bond motifs is 1. The Morgan fingerprint density at radius 3 is 2.30 bits per heavy atom. The maximum atomic E-state index is 12.9. The highest BCUT2D eigenvalue weighted by Crippen LogP contribution is 2.37. The van der Waals surface area contributed by atoms with Crippen LogP contribution in [0.5, 0.6) is 0 Å². The van der Waals surface area contributed by atoms with Gasteiger partial charge in [0.1, 0.15) is 0 Å². The number of hydrogen-bond donors (Lipinski definition) is 0. The van der Waals surface area contributed by atoms with Crippen LogP contribution in [0.2, 0.25) is 18.1 Å². The predicted molar refractivity (Wildman–Crippen MR) is 113 cm³/mol. The molecule has 0 N–H and O–H groups in total. The molecule has 0 aliphatic heterocycles. The van der Waals surface area contributed by atoms with Gasteiger partial charge >= 0.3 is 0 Å². The van der Waals surface area contributed by atoms with Gasteiger partial charge in [0.15, 0.2) is 8.32 Å². The normalized spacial score (nSPS) is 13.2. The summed E-state index contributed by atoms with van der Waals surface area (Å²) in [6.07, 6.45) is 1.62. The van der Waals surface area contributed by atoms with Crippen molar-refractivity contribution in [3.8, 4) is 0 Å². The molecule has 0 radical (unpaired) electrons. The van der Waals surface area contributed by atoms with Crippen molar-refractivity contribution in [2.24, 2.45) is 0 Å². The average molecular weight is 402 g/mol. The van der Waals surface area contributed by atoms with Crippen LogP contribution < -0.4 is 0 Å². The summed E-state index contributed by atoms with van der Waals surface area (Å²) < 4.78 is 33.4. The molecule has 0 saturated heterocycles. The minimum atomic E-state index is -3.60. The first-order valence-corrected chi connectivity index (χ1v) is 13.4. The van der Waals surface area contributed by atoms with Gasteiger partial charge < -0.3 is 4.43 Å². The lowest BCUT2D eigenvalue weighted by molar-refractivity contribution is 0.276. The topological polar surface area (TPSA) is 48.3 Å². The van der Waals surface area contributed by atoms with Crippen molar-refractivity contribution in [1.29, 1.82) is 0 Å². The van der Waals surface area contributed by atoms with Gasteiger partial charge in [0.2, 0.25) is 0 Å². The second kappa shape index (κ2) is 6.93. The summed E-state index contributed by atoms with van der Waals surface area (Å²) in [6, 6.07) is 16.2. The lowest BCUT2D eigenvalue weighted by atomic mass is 10.2. The molecule has 0 bridgehead atoms. The van der Waals surface area contributed by atoms with Crippen LogP contribution in [0.4, 0.5) is 0 Å². The molecule has 4 nitrogen and oxygen atoms in total. The summed E-state index contributed by atoms with van der Waals surface area (Å²) in [5.74, 6) is 0. The average Bonchev–Trinajstić information content (AvgIpc) is 3.04. The van der Waals surface area contributed by atoms with E-state index in [-0.39, 0.29) is 9.93 Å². The molecule has 6 heteroatoms. The highest BCUT2D eigenvalue weighted by atomic mass is 32.2. The van der Waals surface area contributed by atoms with Crippen LogP contribution in [-0.2, 0) is 21.1 Å². The van der Waals surface area contributed by atoms with E-state index in [0.717, 1.165) is 10.9 Å². The highest BCUT2D eigenvalue weighted by molar-refractivity contribution is 7.90. The fourth-order valence-electron chi connectivity index (χ4n) is 2.65. The third-order valence-electron chi connectivity index (χ3n) is 5.42. The standard InChI is InChI=1S/C21H27NO3SSi/c1-21(2,3)27(4,5)25-16-17-11-12-20-18(15-17)13-14-22(20)26(23,24)19-9-7-6-8-10-19/h6-15H,16H2,1-5H3. The zero-order valence-corrected chi connectivity index (χ0v) is 18.4. The fourth-order valence-corrected chi connectivity index (χ4v) is 4.99. The molecule has 0 aliphatic rings. The molecule has 1 aromatic heterocycles. The Kier molecular flexibility index (Phi) is 5.09. The van der Waals surface area contributed by atoms with Crippen molar-refractivity contribution in [3.05, 3.63) is 66.4 Å². The Labute approximate surface area is 163 Å². The molecule has 144 valence electrons. The van der Waals surface area contributed by atoms with Gasteiger partial charge in [-0.15, -0.1) is 0 Å². The molecule has 3 aromatic rings. The van der Waals surface area contributed by atoms with Crippen molar-refractivity contribution in [1.82, 2.24) is 3.97 Å². The third kappa shape index (κ3) is 3.88. The van der Waals surface area contributed by atoms with Gasteiger partial charge in [0.25, 0.3) is 10.0 Å².